The van der Waals surface area contributed by atoms with Gasteiger partial charge in [0.25, 0.3) is 5.56 Å². The van der Waals surface area contributed by atoms with Crippen molar-refractivity contribution in [1.82, 2.24) is 7.76 Å². The van der Waals surface area contributed by atoms with E-state index < -0.39 is 0 Å². The van der Waals surface area contributed by atoms with Gasteiger partial charge in [-0.25, -0.2) is 7.76 Å². The van der Waals surface area contributed by atoms with Gasteiger partial charge in [0.05, 0.1) is 22.9 Å². The van der Waals surface area contributed by atoms with Crippen molar-refractivity contribution in [2.45, 2.75) is 0 Å². The Morgan fingerprint density at radius 1 is 1.33 bits per heavy atom. The average Bonchev–Trinajstić information content (AvgIpc) is 2.12. The third-order valence-electron chi connectivity index (χ3n) is 1.60. The second kappa shape index (κ2) is 2.85. The molecule has 4 heteroatoms. The van der Waals surface area contributed by atoms with Crippen molar-refractivity contribution < 1.29 is 0 Å². The molecule has 0 saturated carbocycles. The van der Waals surface area contributed by atoms with Crippen molar-refractivity contribution >= 4 is 33.9 Å². The molecule has 0 radical (unpaired) electrons. The van der Waals surface area contributed by atoms with Crippen LogP contribution in [0, 0.1) is 0 Å². The van der Waals surface area contributed by atoms with E-state index in [1.807, 2.05) is 35.0 Å². The number of rotatable bonds is 0. The van der Waals surface area contributed by atoms with Crippen LogP contribution in [0.3, 0.4) is 0 Å². The predicted octanol–water partition coefficient (Wildman–Crippen LogP) is 1.59. The van der Waals surface area contributed by atoms with Gasteiger partial charge < -0.3 is 0 Å². The van der Waals surface area contributed by atoms with Crippen LogP contribution < -0.4 is 5.56 Å². The van der Waals surface area contributed by atoms with Crippen LogP contribution in [0.25, 0.3) is 11.0 Å². The molecule has 0 N–H and O–H groups in total. The summed E-state index contributed by atoms with van der Waals surface area (Å²) >= 11 is 1.94. The molecule has 2 rings (SSSR count). The monoisotopic (exact) mass is 272 g/mol. The summed E-state index contributed by atoms with van der Waals surface area (Å²) in [6.07, 6.45) is 1.68. The molecule has 0 spiro atoms. The van der Waals surface area contributed by atoms with Gasteiger partial charge in [-0.1, -0.05) is 0 Å². The molecule has 0 aliphatic carbocycles. The number of halogens is 1. The average molecular weight is 272 g/mol. The van der Waals surface area contributed by atoms with Gasteiger partial charge in [-0.3, -0.25) is 4.79 Å². The Bertz CT molecular complexity index is 478. The SMILES string of the molecule is O=c1ccc2cccnc2n1I. The van der Waals surface area contributed by atoms with E-state index in [1.54, 1.807) is 12.3 Å². The second-order valence-electron chi connectivity index (χ2n) is 2.37. The lowest BCUT2D eigenvalue weighted by atomic mass is 10.3. The van der Waals surface area contributed by atoms with Gasteiger partial charge in [0.15, 0.2) is 5.65 Å². The highest BCUT2D eigenvalue weighted by molar-refractivity contribution is 14.1. The van der Waals surface area contributed by atoms with E-state index in [4.69, 9.17) is 0 Å². The molecule has 3 nitrogen and oxygen atoms in total. The third kappa shape index (κ3) is 1.12. The molecule has 0 aliphatic rings. The Kier molecular flexibility index (Phi) is 1.84. The molecule has 0 atom stereocenters. The van der Waals surface area contributed by atoms with Crippen LogP contribution in [0.2, 0.25) is 0 Å². The van der Waals surface area contributed by atoms with Gasteiger partial charge in [-0.15, -0.1) is 0 Å². The summed E-state index contributed by atoms with van der Waals surface area (Å²) < 4.78 is 1.51. The van der Waals surface area contributed by atoms with Crippen LogP contribution in [0.1, 0.15) is 0 Å². The lowest BCUT2D eigenvalue weighted by Crippen LogP contribution is -2.10. The Morgan fingerprint density at radius 3 is 3.00 bits per heavy atom. The molecule has 12 heavy (non-hydrogen) atoms. The maximum atomic E-state index is 11.1. The maximum absolute atomic E-state index is 11.1. The molecule has 0 unspecified atom stereocenters. The summed E-state index contributed by atoms with van der Waals surface area (Å²) in [5, 5.41) is 0.978. The van der Waals surface area contributed by atoms with Crippen LogP contribution in [0.5, 0.6) is 0 Å². The first kappa shape index (κ1) is 7.72. The standard InChI is InChI=1S/C8H5IN2O/c9-11-7(12)4-3-6-2-1-5-10-8(6)11/h1-5H. The fraction of sp³-hybridized carbons (Fsp3) is 0. The molecule has 2 heterocycles. The minimum Gasteiger partial charge on any atom is -0.269 e. The van der Waals surface area contributed by atoms with E-state index in [2.05, 4.69) is 4.98 Å². The maximum Gasteiger partial charge on any atom is 0.261 e. The Labute approximate surface area is 82.5 Å². The quantitative estimate of drug-likeness (QED) is 0.683. The van der Waals surface area contributed by atoms with E-state index in [0.717, 1.165) is 5.39 Å². The first-order chi connectivity index (χ1) is 5.79. The lowest BCUT2D eigenvalue weighted by molar-refractivity contribution is 1.20. The third-order valence-corrected chi connectivity index (χ3v) is 2.53. The summed E-state index contributed by atoms with van der Waals surface area (Å²) in [5.41, 5.74) is 0.674. The summed E-state index contributed by atoms with van der Waals surface area (Å²) in [6.45, 7) is 0. The summed E-state index contributed by atoms with van der Waals surface area (Å²) in [6, 6.07) is 7.09. The number of hydrogen-bond acceptors (Lipinski definition) is 2. The Morgan fingerprint density at radius 2 is 2.17 bits per heavy atom. The van der Waals surface area contributed by atoms with Gasteiger partial charge in [0.2, 0.25) is 0 Å². The molecule has 60 valence electrons. The fourth-order valence-corrected chi connectivity index (χ4v) is 1.60. The van der Waals surface area contributed by atoms with Crippen LogP contribution in [0.4, 0.5) is 0 Å². The van der Waals surface area contributed by atoms with E-state index in [9.17, 15) is 4.79 Å². The van der Waals surface area contributed by atoms with Crippen molar-refractivity contribution in [3.05, 3.63) is 40.8 Å². The zero-order chi connectivity index (χ0) is 8.55. The van der Waals surface area contributed by atoms with Gasteiger partial charge in [-0.05, 0) is 18.2 Å². The van der Waals surface area contributed by atoms with Crippen LogP contribution in [-0.4, -0.2) is 7.76 Å². The molecule has 0 fully saturated rings. The molecule has 0 bridgehead atoms. The number of aromatic nitrogens is 2. The smallest absolute Gasteiger partial charge is 0.261 e. The molecule has 0 aliphatic heterocycles. The largest absolute Gasteiger partial charge is 0.269 e. The Balaban J connectivity index is 3.01. The van der Waals surface area contributed by atoms with E-state index in [1.165, 1.54) is 8.85 Å². The minimum atomic E-state index is -0.0400. The summed E-state index contributed by atoms with van der Waals surface area (Å²) in [4.78, 5) is 15.2. The van der Waals surface area contributed by atoms with Gasteiger partial charge in [0, 0.05) is 17.6 Å². The van der Waals surface area contributed by atoms with E-state index >= 15 is 0 Å². The van der Waals surface area contributed by atoms with Crippen molar-refractivity contribution in [3.63, 3.8) is 0 Å². The van der Waals surface area contributed by atoms with Crippen LogP contribution in [-0.2, 0) is 0 Å². The van der Waals surface area contributed by atoms with Crippen molar-refractivity contribution in [2.75, 3.05) is 0 Å². The van der Waals surface area contributed by atoms with Crippen molar-refractivity contribution in [1.29, 1.82) is 0 Å². The number of pyridine rings is 2. The molecular formula is C8H5IN2O. The second-order valence-corrected chi connectivity index (χ2v) is 3.33. The van der Waals surface area contributed by atoms with Gasteiger partial charge in [-0.2, -0.15) is 0 Å². The predicted molar refractivity (Wildman–Crippen MR) is 55.4 cm³/mol. The van der Waals surface area contributed by atoms with Crippen molar-refractivity contribution in [3.8, 4) is 0 Å². The van der Waals surface area contributed by atoms with Gasteiger partial charge in [0.1, 0.15) is 0 Å². The molecule has 0 amide bonds. The molecule has 2 aromatic rings. The summed E-state index contributed by atoms with van der Waals surface area (Å²) in [7, 11) is 0. The highest BCUT2D eigenvalue weighted by Crippen LogP contribution is 2.08. The first-order valence-electron chi connectivity index (χ1n) is 3.42. The van der Waals surface area contributed by atoms with Gasteiger partial charge >= 0.3 is 0 Å². The molecular weight excluding hydrogens is 267 g/mol. The van der Waals surface area contributed by atoms with Crippen molar-refractivity contribution in [2.24, 2.45) is 0 Å². The number of fused-ring (bicyclic) bond motifs is 1. The normalized spacial score (nSPS) is 10.4. The minimum absolute atomic E-state index is 0.0400. The fourth-order valence-electron chi connectivity index (χ4n) is 1.03. The highest BCUT2D eigenvalue weighted by atomic mass is 127. The number of hydrogen-bond donors (Lipinski definition) is 0. The van der Waals surface area contributed by atoms with E-state index in [-0.39, 0.29) is 5.56 Å². The number of nitrogens with zero attached hydrogens (tertiary/aromatic N) is 2. The lowest BCUT2D eigenvalue weighted by Gasteiger charge is -1.98. The van der Waals surface area contributed by atoms with E-state index in [0.29, 0.717) is 5.65 Å². The molecule has 2 aromatic heterocycles. The molecule has 0 saturated heterocycles. The van der Waals surface area contributed by atoms with Crippen LogP contribution >= 0.6 is 22.9 Å². The Hall–Kier alpha value is -0.910. The molecule has 0 aromatic carbocycles. The zero-order valence-corrected chi connectivity index (χ0v) is 8.22. The topological polar surface area (TPSA) is 34.9 Å². The van der Waals surface area contributed by atoms with Crippen LogP contribution in [0.15, 0.2) is 35.3 Å². The zero-order valence-electron chi connectivity index (χ0n) is 6.07. The highest BCUT2D eigenvalue weighted by Gasteiger charge is 1.98. The summed E-state index contributed by atoms with van der Waals surface area (Å²) in [5.74, 6) is 0. The first-order valence-corrected chi connectivity index (χ1v) is 4.38.